The molecule has 1 aliphatic heterocycles. The molecule has 0 saturated heterocycles. The molecule has 6 heteroatoms. The Morgan fingerprint density at radius 2 is 1.92 bits per heavy atom. The molecule has 0 atom stereocenters. The van der Waals surface area contributed by atoms with Crippen LogP contribution in [0.5, 0.6) is 11.5 Å². The third-order valence-electron chi connectivity index (χ3n) is 5.32. The Balaban J connectivity index is 1.55. The zero-order valence-corrected chi connectivity index (χ0v) is 14.5. The minimum atomic E-state index is -0.607. The normalized spacial score (nSPS) is 17.7. The highest BCUT2D eigenvalue weighted by Gasteiger charge is 2.37. The molecule has 5 nitrogen and oxygen atoms in total. The molecule has 1 saturated carbocycles. The van der Waals surface area contributed by atoms with Gasteiger partial charge in [0.05, 0.1) is 11.8 Å². The average Bonchev–Trinajstić information content (AvgIpc) is 3.16. The van der Waals surface area contributed by atoms with Crippen LogP contribution in [0.4, 0.5) is 4.39 Å². The second-order valence-electron chi connectivity index (χ2n) is 6.88. The van der Waals surface area contributed by atoms with Crippen LogP contribution in [0.2, 0.25) is 0 Å². The number of hydrogen-bond acceptors (Lipinski definition) is 4. The maximum atomic E-state index is 13.8. The number of nitrogens with one attached hydrogen (secondary N) is 1. The van der Waals surface area contributed by atoms with E-state index < -0.39 is 11.7 Å². The molecule has 0 unspecified atom stereocenters. The highest BCUT2D eigenvalue weighted by atomic mass is 19.1. The summed E-state index contributed by atoms with van der Waals surface area (Å²) in [6.45, 7) is 1.57. The SMILES string of the molecule is O=C(NCC1(c2ccc3c(c2)OCCO3)CCCC1)c1ccncc1F. The number of pyridine rings is 1. The van der Waals surface area contributed by atoms with Gasteiger partial charge < -0.3 is 14.8 Å². The van der Waals surface area contributed by atoms with E-state index in [2.05, 4.69) is 16.4 Å². The number of halogens is 1. The summed E-state index contributed by atoms with van der Waals surface area (Å²) in [5.41, 5.74) is 1.000. The largest absolute Gasteiger partial charge is 0.486 e. The van der Waals surface area contributed by atoms with Crippen LogP contribution in [0.25, 0.3) is 0 Å². The lowest BCUT2D eigenvalue weighted by Gasteiger charge is -2.31. The number of hydrogen-bond donors (Lipinski definition) is 1. The molecule has 0 spiro atoms. The van der Waals surface area contributed by atoms with Gasteiger partial charge in [-0.2, -0.15) is 0 Å². The summed E-state index contributed by atoms with van der Waals surface area (Å²) in [6.07, 6.45) is 6.64. The summed E-state index contributed by atoms with van der Waals surface area (Å²) in [7, 11) is 0. The summed E-state index contributed by atoms with van der Waals surface area (Å²) in [5, 5.41) is 2.92. The van der Waals surface area contributed by atoms with Crippen LogP contribution in [0.1, 0.15) is 41.6 Å². The van der Waals surface area contributed by atoms with Crippen molar-refractivity contribution in [3.63, 3.8) is 0 Å². The molecule has 2 heterocycles. The van der Waals surface area contributed by atoms with E-state index in [-0.39, 0.29) is 11.0 Å². The molecular formula is C20H21FN2O3. The van der Waals surface area contributed by atoms with E-state index in [4.69, 9.17) is 9.47 Å². The van der Waals surface area contributed by atoms with E-state index >= 15 is 0 Å². The summed E-state index contributed by atoms with van der Waals surface area (Å²) < 4.78 is 25.1. The molecular weight excluding hydrogens is 335 g/mol. The Kier molecular flexibility index (Phi) is 4.49. The van der Waals surface area contributed by atoms with Gasteiger partial charge in [0.2, 0.25) is 0 Å². The standard InChI is InChI=1S/C20H21FN2O3/c21-16-12-22-8-5-15(16)19(24)23-13-20(6-1-2-7-20)14-3-4-17-18(11-14)26-10-9-25-17/h3-5,8,11-12H,1-2,6-7,9-10,13H2,(H,23,24). The second kappa shape index (κ2) is 6.94. The van der Waals surface area contributed by atoms with Crippen molar-refractivity contribution in [1.82, 2.24) is 10.3 Å². The molecule has 136 valence electrons. The number of carbonyl (C=O) groups excluding carboxylic acids is 1. The first-order chi connectivity index (χ1) is 12.7. The Morgan fingerprint density at radius 3 is 2.69 bits per heavy atom. The van der Waals surface area contributed by atoms with Crippen LogP contribution in [0.3, 0.4) is 0 Å². The van der Waals surface area contributed by atoms with E-state index in [9.17, 15) is 9.18 Å². The van der Waals surface area contributed by atoms with Crippen molar-refractivity contribution in [2.45, 2.75) is 31.1 Å². The van der Waals surface area contributed by atoms with Gasteiger partial charge >= 0.3 is 0 Å². The molecule has 0 radical (unpaired) electrons. The highest BCUT2D eigenvalue weighted by molar-refractivity contribution is 5.94. The van der Waals surface area contributed by atoms with Gasteiger partial charge in [-0.3, -0.25) is 9.78 Å². The summed E-state index contributed by atoms with van der Waals surface area (Å²) in [4.78, 5) is 16.1. The Hall–Kier alpha value is -2.63. The summed E-state index contributed by atoms with van der Waals surface area (Å²) >= 11 is 0. The lowest BCUT2D eigenvalue weighted by atomic mass is 9.78. The van der Waals surface area contributed by atoms with E-state index in [1.807, 2.05) is 12.1 Å². The molecule has 1 aromatic carbocycles. The van der Waals surface area contributed by atoms with Crippen molar-refractivity contribution in [2.75, 3.05) is 19.8 Å². The van der Waals surface area contributed by atoms with Gasteiger partial charge in [-0.25, -0.2) is 4.39 Å². The minimum Gasteiger partial charge on any atom is -0.486 e. The molecule has 4 rings (SSSR count). The molecule has 2 aromatic rings. The second-order valence-corrected chi connectivity index (χ2v) is 6.88. The highest BCUT2D eigenvalue weighted by Crippen LogP contribution is 2.43. The number of carbonyl (C=O) groups is 1. The molecule has 1 N–H and O–H groups in total. The third-order valence-corrected chi connectivity index (χ3v) is 5.32. The van der Waals surface area contributed by atoms with E-state index in [1.165, 1.54) is 12.3 Å². The number of amides is 1. The van der Waals surface area contributed by atoms with Gasteiger partial charge in [0, 0.05) is 18.2 Å². The molecule has 1 aliphatic carbocycles. The van der Waals surface area contributed by atoms with Crippen LogP contribution in [-0.4, -0.2) is 30.6 Å². The molecule has 1 fully saturated rings. The van der Waals surface area contributed by atoms with E-state index in [1.54, 1.807) is 0 Å². The first-order valence-electron chi connectivity index (χ1n) is 8.96. The maximum Gasteiger partial charge on any atom is 0.254 e. The molecule has 0 bridgehead atoms. The predicted octanol–water partition coefficient (Wildman–Crippen LogP) is 3.23. The van der Waals surface area contributed by atoms with Crippen LogP contribution in [0, 0.1) is 5.82 Å². The van der Waals surface area contributed by atoms with Gasteiger partial charge in [-0.1, -0.05) is 18.9 Å². The van der Waals surface area contributed by atoms with Crippen molar-refractivity contribution >= 4 is 5.91 Å². The van der Waals surface area contributed by atoms with Crippen LogP contribution >= 0.6 is 0 Å². The quantitative estimate of drug-likeness (QED) is 0.914. The van der Waals surface area contributed by atoms with E-state index in [0.29, 0.717) is 19.8 Å². The van der Waals surface area contributed by atoms with Crippen molar-refractivity contribution in [3.05, 3.63) is 53.6 Å². The fourth-order valence-electron chi connectivity index (χ4n) is 3.90. The van der Waals surface area contributed by atoms with Gasteiger partial charge in [-0.05, 0) is 36.6 Å². The van der Waals surface area contributed by atoms with Crippen LogP contribution in [0.15, 0.2) is 36.7 Å². The third kappa shape index (κ3) is 3.11. The summed E-state index contributed by atoms with van der Waals surface area (Å²) in [6, 6.07) is 7.42. The van der Waals surface area contributed by atoms with Crippen LogP contribution in [-0.2, 0) is 5.41 Å². The van der Waals surface area contributed by atoms with Crippen molar-refractivity contribution in [2.24, 2.45) is 0 Å². The average molecular weight is 356 g/mol. The zero-order valence-electron chi connectivity index (χ0n) is 14.5. The Morgan fingerprint density at radius 1 is 1.15 bits per heavy atom. The van der Waals surface area contributed by atoms with Gasteiger partial charge in [0.15, 0.2) is 17.3 Å². The number of ether oxygens (including phenoxy) is 2. The monoisotopic (exact) mass is 356 g/mol. The lowest BCUT2D eigenvalue weighted by molar-refractivity contribution is 0.0939. The maximum absolute atomic E-state index is 13.8. The van der Waals surface area contributed by atoms with E-state index in [0.717, 1.165) is 48.9 Å². The zero-order chi connectivity index (χ0) is 18.0. The van der Waals surface area contributed by atoms with Crippen molar-refractivity contribution in [3.8, 4) is 11.5 Å². The smallest absolute Gasteiger partial charge is 0.254 e. The first kappa shape index (κ1) is 16.8. The molecule has 1 aromatic heterocycles. The number of benzene rings is 1. The van der Waals surface area contributed by atoms with Crippen LogP contribution < -0.4 is 14.8 Å². The minimum absolute atomic E-state index is 0.0234. The number of fused-ring (bicyclic) bond motifs is 1. The van der Waals surface area contributed by atoms with Gasteiger partial charge in [-0.15, -0.1) is 0 Å². The van der Waals surface area contributed by atoms with Gasteiger partial charge in [0.25, 0.3) is 5.91 Å². The van der Waals surface area contributed by atoms with Crippen molar-refractivity contribution < 1.29 is 18.7 Å². The fourth-order valence-corrected chi connectivity index (χ4v) is 3.90. The molecule has 1 amide bonds. The number of aromatic nitrogens is 1. The fraction of sp³-hybridized carbons (Fsp3) is 0.400. The topological polar surface area (TPSA) is 60.5 Å². The lowest BCUT2D eigenvalue weighted by Crippen LogP contribution is -2.39. The Bertz CT molecular complexity index is 818. The molecule has 26 heavy (non-hydrogen) atoms. The predicted molar refractivity (Wildman–Crippen MR) is 94.1 cm³/mol. The number of nitrogens with zero attached hydrogens (tertiary/aromatic N) is 1. The Labute approximate surface area is 151 Å². The molecule has 2 aliphatic rings. The van der Waals surface area contributed by atoms with Crippen molar-refractivity contribution in [1.29, 1.82) is 0 Å². The number of rotatable bonds is 4. The summed E-state index contributed by atoms with van der Waals surface area (Å²) in [5.74, 6) is 0.501. The first-order valence-corrected chi connectivity index (χ1v) is 8.96. The van der Waals surface area contributed by atoms with Gasteiger partial charge in [0.1, 0.15) is 13.2 Å².